The molecular weight excluding hydrogens is 339 g/mol. The number of pyridine rings is 1. The molecule has 0 fully saturated rings. The summed E-state index contributed by atoms with van der Waals surface area (Å²) in [6.45, 7) is 0. The number of rotatable bonds is 2. The van der Waals surface area contributed by atoms with Crippen molar-refractivity contribution in [3.8, 4) is 5.75 Å². The maximum absolute atomic E-state index is 12.3. The van der Waals surface area contributed by atoms with Gasteiger partial charge in [-0.25, -0.2) is 9.97 Å². The van der Waals surface area contributed by atoms with Crippen molar-refractivity contribution in [1.82, 2.24) is 14.5 Å². The number of alkyl halides is 3. The summed E-state index contributed by atoms with van der Waals surface area (Å²) in [5.74, 6) is -0.880. The molecule has 0 saturated carbocycles. The van der Waals surface area contributed by atoms with Crippen LogP contribution < -0.4 is 9.74 Å². The Hall–Kier alpha value is -1.88. The fourth-order valence-corrected chi connectivity index (χ4v) is 2.00. The number of aromatic nitrogens is 3. The van der Waals surface area contributed by atoms with Gasteiger partial charge in [-0.15, -0.1) is 0 Å². The van der Waals surface area contributed by atoms with Crippen molar-refractivity contribution >= 4 is 32.8 Å². The lowest BCUT2D eigenvalue weighted by atomic mass is 10.3. The molecule has 0 bridgehead atoms. The van der Waals surface area contributed by atoms with Crippen LogP contribution >= 0.6 is 11.6 Å². The first-order valence-electron chi connectivity index (χ1n) is 5.06. The standard InChI is InChI=1S/C9H5ClF3N3O4S/c1-16-4-3-14-8(10)15-7(4)5(2-6(16)17)20-21(18,19)9(11,12)13/h2-3H,1H3. The summed E-state index contributed by atoms with van der Waals surface area (Å²) in [6, 6.07) is 0.564. The topological polar surface area (TPSA) is 91.2 Å². The Morgan fingerprint density at radius 1 is 1.38 bits per heavy atom. The molecule has 0 N–H and O–H groups in total. The number of aryl methyl sites for hydroxylation is 1. The van der Waals surface area contributed by atoms with Crippen molar-refractivity contribution in [3.63, 3.8) is 0 Å². The molecule has 2 aromatic rings. The first kappa shape index (κ1) is 15.5. The van der Waals surface area contributed by atoms with E-state index < -0.39 is 26.9 Å². The number of hydrogen-bond acceptors (Lipinski definition) is 6. The van der Waals surface area contributed by atoms with Gasteiger partial charge in [0, 0.05) is 13.1 Å². The third-order valence-corrected chi connectivity index (χ3v) is 3.55. The molecule has 2 aromatic heterocycles. The molecule has 114 valence electrons. The average molecular weight is 344 g/mol. The Labute approximate surface area is 120 Å². The van der Waals surface area contributed by atoms with Crippen LogP contribution in [0.4, 0.5) is 13.2 Å². The van der Waals surface area contributed by atoms with Gasteiger partial charge < -0.3 is 8.75 Å². The lowest BCUT2D eigenvalue weighted by molar-refractivity contribution is -0.0499. The highest BCUT2D eigenvalue weighted by molar-refractivity contribution is 7.88. The van der Waals surface area contributed by atoms with E-state index in [-0.39, 0.29) is 16.3 Å². The summed E-state index contributed by atoms with van der Waals surface area (Å²) < 4.78 is 64.0. The van der Waals surface area contributed by atoms with Crippen molar-refractivity contribution in [2.75, 3.05) is 0 Å². The maximum Gasteiger partial charge on any atom is 0.534 e. The van der Waals surface area contributed by atoms with Gasteiger partial charge in [0.15, 0.2) is 5.75 Å². The lowest BCUT2D eigenvalue weighted by Crippen LogP contribution is -2.29. The molecule has 0 amide bonds. The monoisotopic (exact) mass is 343 g/mol. The summed E-state index contributed by atoms with van der Waals surface area (Å²) in [5.41, 5.74) is -6.83. The Morgan fingerprint density at radius 2 is 2.00 bits per heavy atom. The first-order valence-corrected chi connectivity index (χ1v) is 6.84. The molecular formula is C9H5ClF3N3O4S. The van der Waals surface area contributed by atoms with Gasteiger partial charge in [-0.1, -0.05) is 0 Å². The van der Waals surface area contributed by atoms with Crippen molar-refractivity contribution < 1.29 is 25.8 Å². The zero-order chi connectivity index (χ0) is 16.0. The average Bonchev–Trinajstić information content (AvgIpc) is 2.34. The van der Waals surface area contributed by atoms with Crippen LogP contribution in [0.25, 0.3) is 11.0 Å². The second-order valence-electron chi connectivity index (χ2n) is 3.76. The smallest absolute Gasteiger partial charge is 0.373 e. The molecule has 7 nitrogen and oxygen atoms in total. The van der Waals surface area contributed by atoms with E-state index in [1.165, 1.54) is 7.05 Å². The SMILES string of the molecule is Cn1c(=O)cc(OS(=O)(=O)C(F)(F)F)c2nc(Cl)ncc21. The van der Waals surface area contributed by atoms with E-state index in [2.05, 4.69) is 14.2 Å². The van der Waals surface area contributed by atoms with E-state index in [1.807, 2.05) is 0 Å². The first-order chi connectivity index (χ1) is 9.53. The van der Waals surface area contributed by atoms with Crippen molar-refractivity contribution in [2.45, 2.75) is 5.51 Å². The molecule has 0 unspecified atom stereocenters. The zero-order valence-electron chi connectivity index (χ0n) is 10.0. The van der Waals surface area contributed by atoms with Crippen LogP contribution in [0.1, 0.15) is 0 Å². The molecule has 12 heteroatoms. The molecule has 0 atom stereocenters. The van der Waals surface area contributed by atoms with Crippen LogP contribution in [-0.4, -0.2) is 28.5 Å². The summed E-state index contributed by atoms with van der Waals surface area (Å²) in [7, 11) is -4.64. The molecule has 0 aliphatic rings. The van der Waals surface area contributed by atoms with Gasteiger partial charge in [0.2, 0.25) is 5.28 Å². The predicted molar refractivity (Wildman–Crippen MR) is 65.4 cm³/mol. The van der Waals surface area contributed by atoms with Gasteiger partial charge in [-0.3, -0.25) is 4.79 Å². The van der Waals surface area contributed by atoms with Gasteiger partial charge in [-0.05, 0) is 11.6 Å². The summed E-state index contributed by atoms with van der Waals surface area (Å²) in [4.78, 5) is 18.7. The van der Waals surface area contributed by atoms with Crippen molar-refractivity contribution in [3.05, 3.63) is 27.9 Å². The van der Waals surface area contributed by atoms with Crippen LogP contribution in [0.5, 0.6) is 5.75 Å². The second-order valence-corrected chi connectivity index (χ2v) is 5.64. The Morgan fingerprint density at radius 3 is 2.57 bits per heavy atom. The largest absolute Gasteiger partial charge is 0.534 e. The van der Waals surface area contributed by atoms with Crippen LogP contribution in [-0.2, 0) is 17.2 Å². The molecule has 0 radical (unpaired) electrons. The van der Waals surface area contributed by atoms with E-state index in [9.17, 15) is 26.4 Å². The van der Waals surface area contributed by atoms with Gasteiger partial charge in [-0.2, -0.15) is 21.6 Å². The molecule has 2 rings (SSSR count). The highest BCUT2D eigenvalue weighted by atomic mass is 35.5. The minimum atomic E-state index is -5.94. The molecule has 0 aliphatic heterocycles. The Kier molecular flexibility index (Phi) is 3.58. The number of fused-ring (bicyclic) bond motifs is 1. The van der Waals surface area contributed by atoms with E-state index in [4.69, 9.17) is 11.6 Å². The molecule has 0 aliphatic carbocycles. The molecule has 0 aromatic carbocycles. The number of halogens is 4. The van der Waals surface area contributed by atoms with Crippen molar-refractivity contribution in [1.29, 1.82) is 0 Å². The quantitative estimate of drug-likeness (QED) is 0.462. The Bertz CT molecular complexity index is 878. The van der Waals surface area contributed by atoms with E-state index in [0.717, 1.165) is 10.8 Å². The minimum Gasteiger partial charge on any atom is -0.373 e. The molecule has 21 heavy (non-hydrogen) atoms. The highest BCUT2D eigenvalue weighted by Crippen LogP contribution is 2.29. The minimum absolute atomic E-state index is 0.0423. The molecule has 2 heterocycles. The molecule has 0 spiro atoms. The third-order valence-electron chi connectivity index (χ3n) is 2.40. The van der Waals surface area contributed by atoms with Gasteiger partial charge in [0.1, 0.15) is 5.52 Å². The fraction of sp³-hybridized carbons (Fsp3) is 0.222. The third kappa shape index (κ3) is 2.78. The van der Waals surface area contributed by atoms with Crippen molar-refractivity contribution in [2.24, 2.45) is 7.05 Å². The molecule has 0 saturated heterocycles. The van der Waals surface area contributed by atoms with Crippen LogP contribution in [0.2, 0.25) is 5.28 Å². The maximum atomic E-state index is 12.3. The summed E-state index contributed by atoms with van der Waals surface area (Å²) in [6.07, 6.45) is 1.05. The van der Waals surface area contributed by atoms with Gasteiger partial charge in [0.05, 0.1) is 11.7 Å². The van der Waals surface area contributed by atoms with Crippen LogP contribution in [0, 0.1) is 0 Å². The normalized spacial score (nSPS) is 12.6. The van der Waals surface area contributed by atoms with Crippen LogP contribution in [0.3, 0.4) is 0 Å². The van der Waals surface area contributed by atoms with E-state index in [0.29, 0.717) is 6.07 Å². The number of nitrogens with zero attached hydrogens (tertiary/aromatic N) is 3. The fourth-order valence-electron chi connectivity index (χ4n) is 1.41. The second kappa shape index (κ2) is 4.84. The number of hydrogen-bond donors (Lipinski definition) is 0. The zero-order valence-corrected chi connectivity index (χ0v) is 11.6. The highest BCUT2D eigenvalue weighted by Gasteiger charge is 2.49. The van der Waals surface area contributed by atoms with E-state index >= 15 is 0 Å². The summed E-state index contributed by atoms with van der Waals surface area (Å²) in [5, 5.41) is -0.351. The lowest BCUT2D eigenvalue weighted by Gasteiger charge is -2.12. The summed E-state index contributed by atoms with van der Waals surface area (Å²) >= 11 is 5.51. The predicted octanol–water partition coefficient (Wildman–Crippen LogP) is 1.21. The van der Waals surface area contributed by atoms with Gasteiger partial charge >= 0.3 is 15.6 Å². The Balaban J connectivity index is 2.73. The van der Waals surface area contributed by atoms with Gasteiger partial charge in [0.25, 0.3) is 5.56 Å². The van der Waals surface area contributed by atoms with E-state index in [1.54, 1.807) is 0 Å². The van der Waals surface area contributed by atoms with Crippen LogP contribution in [0.15, 0.2) is 17.1 Å².